The smallest absolute Gasteiger partial charge is 0.462 e. The van der Waals surface area contributed by atoms with Gasteiger partial charge in [0.15, 0.2) is 6.10 Å². The summed E-state index contributed by atoms with van der Waals surface area (Å²) in [6.07, 6.45) is 124. The maximum Gasteiger partial charge on any atom is 0.472 e. The molecule has 0 fully saturated rings. The van der Waals surface area contributed by atoms with Gasteiger partial charge in [0.25, 0.3) is 0 Å². The summed E-state index contributed by atoms with van der Waals surface area (Å²) in [5.74, 6) is -0.858. The summed E-state index contributed by atoms with van der Waals surface area (Å²) in [4.78, 5) is 35.5. The van der Waals surface area contributed by atoms with E-state index in [-0.39, 0.29) is 38.6 Å². The van der Waals surface area contributed by atoms with E-state index in [1.165, 1.54) is 141 Å². The van der Waals surface area contributed by atoms with E-state index in [2.05, 4.69) is 208 Å². The lowest BCUT2D eigenvalue weighted by Crippen LogP contribution is -2.29. The Labute approximate surface area is 608 Å². The first-order valence-corrected chi connectivity index (χ1v) is 41.4. The molecule has 0 radical (unpaired) electrons. The molecule has 0 aromatic rings. The summed E-state index contributed by atoms with van der Waals surface area (Å²) in [5.41, 5.74) is 5.41. The van der Waals surface area contributed by atoms with Crippen LogP contribution in [0.2, 0.25) is 0 Å². The fourth-order valence-electron chi connectivity index (χ4n) is 10.7. The van der Waals surface area contributed by atoms with Crippen LogP contribution in [0.15, 0.2) is 194 Å². The van der Waals surface area contributed by atoms with Gasteiger partial charge in [-0.25, -0.2) is 4.57 Å². The summed E-state index contributed by atoms with van der Waals surface area (Å²) in [7, 11) is -4.42. The number of hydrogen-bond donors (Lipinski definition) is 2. The van der Waals surface area contributed by atoms with Gasteiger partial charge in [0.1, 0.15) is 6.61 Å². The van der Waals surface area contributed by atoms with Crippen molar-refractivity contribution >= 4 is 19.8 Å². The highest BCUT2D eigenvalue weighted by Gasteiger charge is 2.26. The molecule has 0 aliphatic carbocycles. The monoisotopic (exact) mass is 1390 g/mol. The van der Waals surface area contributed by atoms with Gasteiger partial charge in [-0.15, -0.1) is 0 Å². The van der Waals surface area contributed by atoms with Gasteiger partial charge in [0.05, 0.1) is 13.2 Å². The summed E-state index contributed by atoms with van der Waals surface area (Å²) < 4.78 is 33.2. The van der Waals surface area contributed by atoms with Gasteiger partial charge in [-0.05, 0) is 141 Å². The molecule has 0 aromatic carbocycles. The molecule has 9 nitrogen and oxygen atoms in total. The SMILES string of the molecule is CC/C=C\C/C=C\C/C=C\C/C=C\C/C=C\C/C=C\C/C=C\C/C=C\C/C=C\C/C=C\C/C=C\C/C=C\CCCCCCC(=O)OC(COC(=O)CCCCCCCCCCCCCCCCCCCCCCCCCC/C=C\C/C=C\C/C=C\C/C=C\CC)COP(=O)(O)OCCN. The Bertz CT molecular complexity index is 2340. The Balaban J connectivity index is 3.93. The Morgan fingerprint density at radius 1 is 0.303 bits per heavy atom. The van der Waals surface area contributed by atoms with Crippen LogP contribution in [0.5, 0.6) is 0 Å². The number of hydrogen-bond acceptors (Lipinski definition) is 8. The fraction of sp³-hybridized carbons (Fsp3) is 0.618. The van der Waals surface area contributed by atoms with Crippen LogP contribution in [-0.4, -0.2) is 49.3 Å². The molecular formula is C89H146NO8P. The van der Waals surface area contributed by atoms with Crippen LogP contribution in [0.4, 0.5) is 0 Å². The lowest BCUT2D eigenvalue weighted by atomic mass is 10.0. The number of nitrogens with two attached hydrogens (primary N) is 1. The van der Waals surface area contributed by atoms with Gasteiger partial charge in [0, 0.05) is 19.4 Å². The number of allylic oxidation sites excluding steroid dienone is 32. The van der Waals surface area contributed by atoms with E-state index in [9.17, 15) is 19.0 Å². The van der Waals surface area contributed by atoms with Crippen LogP contribution >= 0.6 is 7.82 Å². The van der Waals surface area contributed by atoms with Crippen LogP contribution < -0.4 is 5.73 Å². The molecule has 0 bridgehead atoms. The topological polar surface area (TPSA) is 134 Å². The first kappa shape index (κ1) is 93.8. The molecule has 0 aliphatic rings. The largest absolute Gasteiger partial charge is 0.472 e. The van der Waals surface area contributed by atoms with E-state index in [1.807, 2.05) is 0 Å². The molecule has 10 heteroatoms. The number of phosphoric ester groups is 1. The predicted octanol–water partition coefficient (Wildman–Crippen LogP) is 27.2. The summed E-state index contributed by atoms with van der Waals surface area (Å²) >= 11 is 0. The third-order valence-corrected chi connectivity index (χ3v) is 17.5. The van der Waals surface area contributed by atoms with Crippen molar-refractivity contribution < 1.29 is 37.6 Å². The second kappa shape index (κ2) is 81.8. The van der Waals surface area contributed by atoms with E-state index in [4.69, 9.17) is 24.3 Å². The van der Waals surface area contributed by atoms with Gasteiger partial charge in [0.2, 0.25) is 0 Å². The first-order valence-electron chi connectivity index (χ1n) is 39.9. The van der Waals surface area contributed by atoms with E-state index in [1.54, 1.807) is 0 Å². The number of phosphoric acid groups is 1. The number of carbonyl (C=O) groups excluding carboxylic acids is 2. The van der Waals surface area contributed by atoms with Crippen molar-refractivity contribution in [1.82, 2.24) is 0 Å². The molecule has 560 valence electrons. The molecule has 99 heavy (non-hydrogen) atoms. The average molecular weight is 1390 g/mol. The van der Waals surface area contributed by atoms with Crippen molar-refractivity contribution in [2.75, 3.05) is 26.4 Å². The number of esters is 2. The van der Waals surface area contributed by atoms with E-state index < -0.39 is 26.5 Å². The Morgan fingerprint density at radius 2 is 0.525 bits per heavy atom. The second-order valence-electron chi connectivity index (χ2n) is 25.8. The molecule has 3 N–H and O–H groups in total. The van der Waals surface area contributed by atoms with Crippen LogP contribution in [0.25, 0.3) is 0 Å². The number of unbranched alkanes of at least 4 members (excludes halogenated alkanes) is 28. The van der Waals surface area contributed by atoms with Gasteiger partial charge in [-0.2, -0.15) is 0 Å². The van der Waals surface area contributed by atoms with E-state index in [0.717, 1.165) is 148 Å². The minimum Gasteiger partial charge on any atom is -0.462 e. The van der Waals surface area contributed by atoms with Gasteiger partial charge in [-0.3, -0.25) is 18.6 Å². The number of ether oxygens (including phenoxy) is 2. The highest BCUT2D eigenvalue weighted by Crippen LogP contribution is 2.43. The first-order chi connectivity index (χ1) is 48.8. The summed E-state index contributed by atoms with van der Waals surface area (Å²) in [6, 6.07) is 0. The molecule has 2 unspecified atom stereocenters. The van der Waals surface area contributed by atoms with E-state index >= 15 is 0 Å². The molecule has 0 aliphatic heterocycles. The number of carbonyl (C=O) groups is 2. The Morgan fingerprint density at radius 3 is 0.778 bits per heavy atom. The number of rotatable bonds is 73. The normalized spacial score (nSPS) is 13.9. The zero-order valence-corrected chi connectivity index (χ0v) is 64.0. The third kappa shape index (κ3) is 81.7. The highest BCUT2D eigenvalue weighted by molar-refractivity contribution is 7.47. The fourth-order valence-corrected chi connectivity index (χ4v) is 11.4. The van der Waals surface area contributed by atoms with Gasteiger partial charge < -0.3 is 20.1 Å². The minimum atomic E-state index is -4.42. The molecule has 0 amide bonds. The molecular weight excluding hydrogens is 1240 g/mol. The predicted molar refractivity (Wildman–Crippen MR) is 431 cm³/mol. The van der Waals surface area contributed by atoms with Crippen molar-refractivity contribution in [2.24, 2.45) is 5.73 Å². The van der Waals surface area contributed by atoms with Crippen molar-refractivity contribution in [2.45, 2.75) is 328 Å². The van der Waals surface area contributed by atoms with Crippen molar-refractivity contribution in [3.63, 3.8) is 0 Å². The minimum absolute atomic E-state index is 0.0411. The highest BCUT2D eigenvalue weighted by atomic mass is 31.2. The van der Waals surface area contributed by atoms with E-state index in [0.29, 0.717) is 6.42 Å². The molecule has 0 rings (SSSR count). The molecule has 0 saturated carbocycles. The lowest BCUT2D eigenvalue weighted by Gasteiger charge is -2.19. The summed E-state index contributed by atoms with van der Waals surface area (Å²) in [6.45, 7) is 3.50. The van der Waals surface area contributed by atoms with Crippen LogP contribution in [0.3, 0.4) is 0 Å². The van der Waals surface area contributed by atoms with Crippen molar-refractivity contribution in [3.8, 4) is 0 Å². The second-order valence-corrected chi connectivity index (χ2v) is 27.3. The van der Waals surface area contributed by atoms with Crippen LogP contribution in [-0.2, 0) is 32.7 Å². The van der Waals surface area contributed by atoms with Crippen molar-refractivity contribution in [3.05, 3.63) is 194 Å². The molecule has 0 spiro atoms. The van der Waals surface area contributed by atoms with Gasteiger partial charge >= 0.3 is 19.8 Å². The maximum absolute atomic E-state index is 12.8. The lowest BCUT2D eigenvalue weighted by molar-refractivity contribution is -0.161. The standard InChI is InChI=1S/C89H146NO8P/c1-3-5-7-9-11-13-15-17-19-21-23-25-27-29-31-33-35-37-39-41-42-43-44-46-48-50-52-54-56-58-60-62-64-66-68-70-72-74-76-78-80-82-89(92)98-87(86-97-99(93,94)96-84-83-90)85-95-88(91)81-79-77-75-73-71-69-67-65-63-61-59-57-55-53-51-49-47-45-40-38-36-34-32-30-28-26-24-22-20-18-16-14-12-10-8-6-4-2/h5-8,11-14,17-20,23-26,29,31,35,37,41-42,44,46,50,52,56,58,62,64,68,70,87H,3-4,9-10,15-16,21-22,27-28,30,32-34,36,38-40,43,45,47-49,51,53-55,57,59-61,63,65-67,69,71-86,90H2,1-2H3,(H,93,94)/b7-5-,8-6-,13-11-,14-12-,19-17-,20-18-,25-23-,26-24-,31-29-,37-35-,42-41-,46-44-,52-50-,58-56-,64-62-,70-68-. The maximum atomic E-state index is 12.8. The molecule has 0 heterocycles. The average Bonchev–Trinajstić information content (AvgIpc) is 1.19. The van der Waals surface area contributed by atoms with Crippen LogP contribution in [0.1, 0.15) is 322 Å². The third-order valence-electron chi connectivity index (χ3n) is 16.5. The van der Waals surface area contributed by atoms with Gasteiger partial charge in [-0.1, -0.05) is 362 Å². The molecule has 0 aromatic heterocycles. The Kier molecular flexibility index (Phi) is 77.6. The van der Waals surface area contributed by atoms with Crippen LogP contribution in [0, 0.1) is 0 Å². The molecule has 2 atom stereocenters. The summed E-state index contributed by atoms with van der Waals surface area (Å²) in [5, 5.41) is 0. The zero-order valence-electron chi connectivity index (χ0n) is 63.2. The van der Waals surface area contributed by atoms with Crippen molar-refractivity contribution in [1.29, 1.82) is 0 Å². The Hall–Kier alpha value is -5.15. The quantitative estimate of drug-likeness (QED) is 0.0264. The molecule has 0 saturated heterocycles. The zero-order chi connectivity index (χ0) is 71.5.